The van der Waals surface area contributed by atoms with Crippen molar-refractivity contribution in [2.24, 2.45) is 5.73 Å². The van der Waals surface area contributed by atoms with Crippen LogP contribution < -0.4 is 11.1 Å². The Morgan fingerprint density at radius 1 is 1.32 bits per heavy atom. The second-order valence-corrected chi connectivity index (χ2v) is 4.89. The fraction of sp³-hybridized carbons (Fsp3) is 0.429. The molecule has 5 nitrogen and oxygen atoms in total. The lowest BCUT2D eigenvalue weighted by atomic mass is 9.95. The van der Waals surface area contributed by atoms with Gasteiger partial charge in [-0.3, -0.25) is 9.59 Å². The maximum absolute atomic E-state index is 11.9. The standard InChI is InChI=1S/C14H19N3O2/c1-10(18)16-7-14(19)17-8-12(13(15)9-17)11-5-3-2-4-6-11/h2-6,12-13H,7-9,15H2,1H3,(H,16,18)/t12-,13+/m0/s1. The molecule has 1 aromatic carbocycles. The predicted molar refractivity (Wildman–Crippen MR) is 72.4 cm³/mol. The van der Waals surface area contributed by atoms with Gasteiger partial charge in [-0.15, -0.1) is 0 Å². The third-order valence-corrected chi connectivity index (χ3v) is 3.43. The molecule has 0 aliphatic carbocycles. The molecule has 0 unspecified atom stereocenters. The van der Waals surface area contributed by atoms with Crippen molar-refractivity contribution < 1.29 is 9.59 Å². The molecular weight excluding hydrogens is 242 g/mol. The molecule has 1 aromatic rings. The van der Waals surface area contributed by atoms with Crippen LogP contribution in [-0.2, 0) is 9.59 Å². The third kappa shape index (κ3) is 3.32. The van der Waals surface area contributed by atoms with Crippen molar-refractivity contribution in [3.8, 4) is 0 Å². The molecule has 1 saturated heterocycles. The Morgan fingerprint density at radius 2 is 2.00 bits per heavy atom. The number of amides is 2. The molecular formula is C14H19N3O2. The van der Waals surface area contributed by atoms with Crippen LogP contribution in [0.5, 0.6) is 0 Å². The summed E-state index contributed by atoms with van der Waals surface area (Å²) in [5.41, 5.74) is 7.27. The fourth-order valence-electron chi connectivity index (χ4n) is 2.40. The van der Waals surface area contributed by atoms with E-state index in [-0.39, 0.29) is 30.3 Å². The van der Waals surface area contributed by atoms with Gasteiger partial charge in [0.2, 0.25) is 11.8 Å². The first kappa shape index (κ1) is 13.5. The van der Waals surface area contributed by atoms with Crippen molar-refractivity contribution >= 4 is 11.8 Å². The van der Waals surface area contributed by atoms with Crippen LogP contribution in [0.25, 0.3) is 0 Å². The van der Waals surface area contributed by atoms with E-state index in [1.54, 1.807) is 4.90 Å². The van der Waals surface area contributed by atoms with Crippen molar-refractivity contribution in [1.29, 1.82) is 0 Å². The minimum atomic E-state index is -0.198. The molecule has 0 radical (unpaired) electrons. The van der Waals surface area contributed by atoms with Gasteiger partial charge in [-0.2, -0.15) is 0 Å². The number of carbonyl (C=O) groups excluding carboxylic acids is 2. The molecule has 5 heteroatoms. The molecule has 2 rings (SSSR count). The van der Waals surface area contributed by atoms with Crippen molar-refractivity contribution in [2.45, 2.75) is 18.9 Å². The van der Waals surface area contributed by atoms with E-state index < -0.39 is 0 Å². The van der Waals surface area contributed by atoms with Crippen molar-refractivity contribution in [2.75, 3.05) is 19.6 Å². The summed E-state index contributed by atoms with van der Waals surface area (Å²) < 4.78 is 0. The Kier molecular flexibility index (Phi) is 4.16. The van der Waals surface area contributed by atoms with Crippen LogP contribution in [0.4, 0.5) is 0 Å². The SMILES string of the molecule is CC(=O)NCC(=O)N1C[C@@H](N)[C@H](c2ccccc2)C1. The van der Waals surface area contributed by atoms with Gasteiger partial charge in [0.15, 0.2) is 0 Å². The molecule has 102 valence electrons. The van der Waals surface area contributed by atoms with Crippen LogP contribution >= 0.6 is 0 Å². The zero-order valence-corrected chi connectivity index (χ0v) is 11.0. The lowest BCUT2D eigenvalue weighted by Gasteiger charge is -2.16. The van der Waals surface area contributed by atoms with Gasteiger partial charge in [0.05, 0.1) is 6.54 Å². The molecule has 0 bridgehead atoms. The number of hydrogen-bond donors (Lipinski definition) is 2. The molecule has 1 aliphatic rings. The summed E-state index contributed by atoms with van der Waals surface area (Å²) in [4.78, 5) is 24.5. The molecule has 0 saturated carbocycles. The minimum absolute atomic E-state index is 0.0452. The van der Waals surface area contributed by atoms with E-state index in [2.05, 4.69) is 5.32 Å². The normalized spacial score (nSPS) is 22.3. The fourth-order valence-corrected chi connectivity index (χ4v) is 2.40. The summed E-state index contributed by atoms with van der Waals surface area (Å²) >= 11 is 0. The Hall–Kier alpha value is -1.88. The van der Waals surface area contributed by atoms with Gasteiger partial charge in [0.1, 0.15) is 0 Å². The van der Waals surface area contributed by atoms with Crippen LogP contribution in [0.15, 0.2) is 30.3 Å². The molecule has 1 fully saturated rings. The maximum Gasteiger partial charge on any atom is 0.242 e. The van der Waals surface area contributed by atoms with Gasteiger partial charge in [-0.1, -0.05) is 30.3 Å². The number of carbonyl (C=O) groups is 2. The van der Waals surface area contributed by atoms with Crippen LogP contribution in [-0.4, -0.2) is 42.4 Å². The minimum Gasteiger partial charge on any atom is -0.347 e. The molecule has 2 amide bonds. The quantitative estimate of drug-likeness (QED) is 0.809. The summed E-state index contributed by atoms with van der Waals surface area (Å²) in [6.45, 7) is 2.60. The number of nitrogens with zero attached hydrogens (tertiary/aromatic N) is 1. The highest BCUT2D eigenvalue weighted by Crippen LogP contribution is 2.26. The molecule has 1 heterocycles. The summed E-state index contributed by atoms with van der Waals surface area (Å²) in [7, 11) is 0. The van der Waals surface area contributed by atoms with Gasteiger partial charge < -0.3 is 16.0 Å². The van der Waals surface area contributed by atoms with Crippen LogP contribution in [0.3, 0.4) is 0 Å². The van der Waals surface area contributed by atoms with Crippen molar-refractivity contribution in [3.63, 3.8) is 0 Å². The van der Waals surface area contributed by atoms with E-state index in [1.165, 1.54) is 6.92 Å². The van der Waals surface area contributed by atoms with Crippen LogP contribution in [0, 0.1) is 0 Å². The second-order valence-electron chi connectivity index (χ2n) is 4.89. The first-order valence-electron chi connectivity index (χ1n) is 6.40. The Balaban J connectivity index is 1.97. The van der Waals surface area contributed by atoms with Gasteiger partial charge >= 0.3 is 0 Å². The largest absolute Gasteiger partial charge is 0.347 e. The van der Waals surface area contributed by atoms with E-state index in [1.807, 2.05) is 30.3 Å². The molecule has 2 atom stereocenters. The van der Waals surface area contributed by atoms with Gasteiger partial charge in [0.25, 0.3) is 0 Å². The number of nitrogens with two attached hydrogens (primary N) is 1. The summed E-state index contributed by atoms with van der Waals surface area (Å²) in [6.07, 6.45) is 0. The number of rotatable bonds is 3. The number of likely N-dealkylation sites (tertiary alicyclic amines) is 1. The second kappa shape index (κ2) is 5.84. The average molecular weight is 261 g/mol. The third-order valence-electron chi connectivity index (χ3n) is 3.43. The molecule has 19 heavy (non-hydrogen) atoms. The van der Waals surface area contributed by atoms with Crippen LogP contribution in [0.1, 0.15) is 18.4 Å². The average Bonchev–Trinajstić information content (AvgIpc) is 2.79. The highest BCUT2D eigenvalue weighted by Gasteiger charge is 2.33. The molecule has 0 aromatic heterocycles. The summed E-state index contributed by atoms with van der Waals surface area (Å²) in [6, 6.07) is 9.93. The van der Waals surface area contributed by atoms with E-state index >= 15 is 0 Å². The zero-order chi connectivity index (χ0) is 13.8. The van der Waals surface area contributed by atoms with Crippen molar-refractivity contribution in [3.05, 3.63) is 35.9 Å². The summed E-state index contributed by atoms with van der Waals surface area (Å²) in [5.74, 6) is -0.108. The molecule has 1 aliphatic heterocycles. The monoisotopic (exact) mass is 261 g/mol. The zero-order valence-electron chi connectivity index (χ0n) is 11.0. The van der Waals surface area contributed by atoms with E-state index in [4.69, 9.17) is 5.73 Å². The van der Waals surface area contributed by atoms with Crippen LogP contribution in [0.2, 0.25) is 0 Å². The number of nitrogens with one attached hydrogen (secondary N) is 1. The van der Waals surface area contributed by atoms with E-state index in [9.17, 15) is 9.59 Å². The number of benzene rings is 1. The smallest absolute Gasteiger partial charge is 0.242 e. The van der Waals surface area contributed by atoms with Crippen molar-refractivity contribution in [1.82, 2.24) is 10.2 Å². The highest BCUT2D eigenvalue weighted by atomic mass is 16.2. The van der Waals surface area contributed by atoms with Gasteiger partial charge in [0, 0.05) is 32.0 Å². The highest BCUT2D eigenvalue weighted by molar-refractivity contribution is 5.84. The summed E-state index contributed by atoms with van der Waals surface area (Å²) in [5, 5.41) is 2.52. The Morgan fingerprint density at radius 3 is 2.63 bits per heavy atom. The number of hydrogen-bond acceptors (Lipinski definition) is 3. The molecule has 0 spiro atoms. The Bertz CT molecular complexity index is 461. The van der Waals surface area contributed by atoms with Gasteiger partial charge in [-0.25, -0.2) is 0 Å². The lowest BCUT2D eigenvalue weighted by Crippen LogP contribution is -2.39. The molecule has 3 N–H and O–H groups in total. The first-order chi connectivity index (χ1) is 9.08. The predicted octanol–water partition coefficient (Wildman–Crippen LogP) is 0.0758. The Labute approximate surface area is 112 Å². The van der Waals surface area contributed by atoms with E-state index in [0.29, 0.717) is 13.1 Å². The lowest BCUT2D eigenvalue weighted by molar-refractivity contribution is -0.131. The first-order valence-corrected chi connectivity index (χ1v) is 6.40. The van der Waals surface area contributed by atoms with E-state index in [0.717, 1.165) is 5.56 Å². The topological polar surface area (TPSA) is 75.4 Å². The van der Waals surface area contributed by atoms with Gasteiger partial charge in [-0.05, 0) is 5.56 Å². The maximum atomic E-state index is 11.9.